The molecule has 2 aromatic carbocycles. The number of aryl methyl sites for hydroxylation is 3. The molecule has 5 heteroatoms. The van der Waals surface area contributed by atoms with E-state index in [4.69, 9.17) is 9.47 Å². The number of esters is 1. The first-order valence-corrected chi connectivity index (χ1v) is 8.15. The number of hydrogen-bond donors (Lipinski definition) is 1. The summed E-state index contributed by atoms with van der Waals surface area (Å²) in [6.45, 7) is 5.80. The van der Waals surface area contributed by atoms with Gasteiger partial charge in [0, 0.05) is 5.69 Å². The van der Waals surface area contributed by atoms with Gasteiger partial charge in [0.2, 0.25) is 0 Å². The number of nitrogens with one attached hydrogen (secondary N) is 1. The third kappa shape index (κ3) is 6.67. The maximum atomic E-state index is 11.8. The van der Waals surface area contributed by atoms with E-state index in [1.54, 1.807) is 0 Å². The van der Waals surface area contributed by atoms with Gasteiger partial charge in [-0.2, -0.15) is 0 Å². The van der Waals surface area contributed by atoms with Crippen molar-refractivity contribution in [1.29, 1.82) is 0 Å². The molecule has 0 aromatic heterocycles. The van der Waals surface area contributed by atoms with Gasteiger partial charge in [0.25, 0.3) is 5.91 Å². The average molecular weight is 341 g/mol. The van der Waals surface area contributed by atoms with Crippen molar-refractivity contribution < 1.29 is 19.1 Å². The molecular weight excluding hydrogens is 318 g/mol. The van der Waals surface area contributed by atoms with Gasteiger partial charge < -0.3 is 14.8 Å². The lowest BCUT2D eigenvalue weighted by Gasteiger charge is -2.09. The third-order valence-corrected chi connectivity index (χ3v) is 3.47. The summed E-state index contributed by atoms with van der Waals surface area (Å²) in [5.74, 6) is -0.133. The summed E-state index contributed by atoms with van der Waals surface area (Å²) in [4.78, 5) is 23.5. The molecule has 0 aliphatic heterocycles. The highest BCUT2D eigenvalue weighted by Crippen LogP contribution is 2.14. The second-order valence-electron chi connectivity index (χ2n) is 6.00. The minimum absolute atomic E-state index is 0.0880. The number of hydrogen-bond acceptors (Lipinski definition) is 4. The molecule has 132 valence electrons. The van der Waals surface area contributed by atoms with Gasteiger partial charge in [0.05, 0.1) is 13.0 Å². The topological polar surface area (TPSA) is 64.6 Å². The molecule has 0 aliphatic rings. The van der Waals surface area contributed by atoms with Crippen molar-refractivity contribution in [2.24, 2.45) is 0 Å². The SMILES string of the molecule is Cc1ccc(OCCC(=O)OCC(=O)Nc2cc(C)cc(C)c2)cc1. The maximum absolute atomic E-state index is 11.8. The number of rotatable bonds is 7. The molecule has 25 heavy (non-hydrogen) atoms. The van der Waals surface area contributed by atoms with Gasteiger partial charge in [-0.05, 0) is 56.2 Å². The van der Waals surface area contributed by atoms with Gasteiger partial charge in [0.1, 0.15) is 5.75 Å². The first kappa shape index (κ1) is 18.5. The summed E-state index contributed by atoms with van der Waals surface area (Å²) in [6, 6.07) is 13.3. The zero-order chi connectivity index (χ0) is 18.2. The van der Waals surface area contributed by atoms with Crippen LogP contribution in [0.4, 0.5) is 5.69 Å². The summed E-state index contributed by atoms with van der Waals surface area (Å²) in [5.41, 5.74) is 3.95. The van der Waals surface area contributed by atoms with Crippen LogP contribution < -0.4 is 10.1 Å². The van der Waals surface area contributed by atoms with Crippen LogP contribution in [0.2, 0.25) is 0 Å². The molecule has 0 heterocycles. The first-order chi connectivity index (χ1) is 11.9. The van der Waals surface area contributed by atoms with Gasteiger partial charge in [-0.1, -0.05) is 23.8 Å². The van der Waals surface area contributed by atoms with Gasteiger partial charge >= 0.3 is 5.97 Å². The van der Waals surface area contributed by atoms with Crippen molar-refractivity contribution >= 4 is 17.6 Å². The second-order valence-corrected chi connectivity index (χ2v) is 6.00. The van der Waals surface area contributed by atoms with E-state index in [9.17, 15) is 9.59 Å². The molecule has 1 amide bonds. The maximum Gasteiger partial charge on any atom is 0.309 e. The molecular formula is C20H23NO4. The molecule has 0 radical (unpaired) electrons. The average Bonchev–Trinajstić information content (AvgIpc) is 2.54. The van der Waals surface area contributed by atoms with Crippen LogP contribution in [0.25, 0.3) is 0 Å². The van der Waals surface area contributed by atoms with Crippen molar-refractivity contribution in [2.45, 2.75) is 27.2 Å². The minimum atomic E-state index is -0.470. The number of amides is 1. The second kappa shape index (κ2) is 8.87. The van der Waals surface area contributed by atoms with Crippen molar-refractivity contribution in [3.63, 3.8) is 0 Å². The summed E-state index contributed by atoms with van der Waals surface area (Å²) < 4.78 is 10.4. The zero-order valence-electron chi connectivity index (χ0n) is 14.8. The Bertz CT molecular complexity index is 718. The van der Waals surface area contributed by atoms with Gasteiger partial charge in [-0.3, -0.25) is 9.59 Å². The molecule has 0 bridgehead atoms. The number of carbonyl (C=O) groups is 2. The molecule has 1 N–H and O–H groups in total. The molecule has 0 spiro atoms. The Morgan fingerprint density at radius 2 is 1.56 bits per heavy atom. The van der Waals surface area contributed by atoms with E-state index in [2.05, 4.69) is 5.32 Å². The van der Waals surface area contributed by atoms with E-state index in [1.807, 2.05) is 63.2 Å². The first-order valence-electron chi connectivity index (χ1n) is 8.15. The molecule has 0 fully saturated rings. The van der Waals surface area contributed by atoms with Crippen molar-refractivity contribution in [1.82, 2.24) is 0 Å². The lowest BCUT2D eigenvalue weighted by Crippen LogP contribution is -2.21. The fourth-order valence-electron chi connectivity index (χ4n) is 2.35. The van der Waals surface area contributed by atoms with Crippen molar-refractivity contribution in [2.75, 3.05) is 18.5 Å². The number of benzene rings is 2. The predicted molar refractivity (Wildman–Crippen MR) is 96.8 cm³/mol. The molecule has 0 saturated carbocycles. The third-order valence-electron chi connectivity index (χ3n) is 3.47. The predicted octanol–water partition coefficient (Wildman–Crippen LogP) is 3.56. The zero-order valence-corrected chi connectivity index (χ0v) is 14.8. The van der Waals surface area contributed by atoms with Gasteiger partial charge in [-0.25, -0.2) is 0 Å². The molecule has 2 rings (SSSR count). The summed E-state index contributed by atoms with van der Waals surface area (Å²) in [6.07, 6.45) is 0.0880. The fourth-order valence-corrected chi connectivity index (χ4v) is 2.35. The Morgan fingerprint density at radius 3 is 2.20 bits per heavy atom. The van der Waals surface area contributed by atoms with Crippen LogP contribution in [0.1, 0.15) is 23.1 Å². The van der Waals surface area contributed by atoms with E-state index in [0.717, 1.165) is 16.7 Å². The highest BCUT2D eigenvalue weighted by molar-refractivity contribution is 5.92. The summed E-state index contributed by atoms with van der Waals surface area (Å²) in [7, 11) is 0. The van der Waals surface area contributed by atoms with Crippen LogP contribution in [0, 0.1) is 20.8 Å². The smallest absolute Gasteiger partial charge is 0.309 e. The Kier molecular flexibility index (Phi) is 6.57. The van der Waals surface area contributed by atoms with Crippen LogP contribution >= 0.6 is 0 Å². The fraction of sp³-hybridized carbons (Fsp3) is 0.300. The normalized spacial score (nSPS) is 10.2. The van der Waals surface area contributed by atoms with E-state index in [-0.39, 0.29) is 25.5 Å². The monoisotopic (exact) mass is 341 g/mol. The number of ether oxygens (including phenoxy) is 2. The molecule has 0 atom stereocenters. The highest BCUT2D eigenvalue weighted by Gasteiger charge is 2.09. The summed E-state index contributed by atoms with van der Waals surface area (Å²) >= 11 is 0. The standard InChI is InChI=1S/C20H23NO4/c1-14-4-6-18(7-5-14)24-9-8-20(23)25-13-19(22)21-17-11-15(2)10-16(3)12-17/h4-7,10-12H,8-9,13H2,1-3H3,(H,21,22). The van der Waals surface area contributed by atoms with Crippen LogP contribution in [-0.4, -0.2) is 25.1 Å². The molecule has 5 nitrogen and oxygen atoms in total. The molecule has 0 aliphatic carbocycles. The van der Waals surface area contributed by atoms with E-state index in [0.29, 0.717) is 11.4 Å². The van der Waals surface area contributed by atoms with E-state index < -0.39 is 5.97 Å². The Morgan fingerprint density at radius 1 is 0.920 bits per heavy atom. The summed E-state index contributed by atoms with van der Waals surface area (Å²) in [5, 5.41) is 2.72. The van der Waals surface area contributed by atoms with Crippen LogP contribution in [-0.2, 0) is 14.3 Å². The van der Waals surface area contributed by atoms with Crippen LogP contribution in [0.5, 0.6) is 5.75 Å². The van der Waals surface area contributed by atoms with E-state index in [1.165, 1.54) is 0 Å². The number of anilines is 1. The van der Waals surface area contributed by atoms with Gasteiger partial charge in [0.15, 0.2) is 6.61 Å². The highest BCUT2D eigenvalue weighted by atomic mass is 16.5. The van der Waals surface area contributed by atoms with Gasteiger partial charge in [-0.15, -0.1) is 0 Å². The van der Waals surface area contributed by atoms with Crippen molar-refractivity contribution in [3.05, 3.63) is 59.2 Å². The minimum Gasteiger partial charge on any atom is -0.493 e. The van der Waals surface area contributed by atoms with Crippen LogP contribution in [0.15, 0.2) is 42.5 Å². The largest absolute Gasteiger partial charge is 0.493 e. The number of carbonyl (C=O) groups excluding carboxylic acids is 2. The Labute approximate surface area is 148 Å². The molecule has 0 unspecified atom stereocenters. The van der Waals surface area contributed by atoms with Crippen LogP contribution in [0.3, 0.4) is 0 Å². The van der Waals surface area contributed by atoms with Crippen molar-refractivity contribution in [3.8, 4) is 5.75 Å². The lowest BCUT2D eigenvalue weighted by atomic mass is 10.1. The Hall–Kier alpha value is -2.82. The molecule has 0 saturated heterocycles. The molecule has 2 aromatic rings. The Balaban J connectivity index is 1.68. The van der Waals surface area contributed by atoms with E-state index >= 15 is 0 Å². The quantitative estimate of drug-likeness (QED) is 0.782. The lowest BCUT2D eigenvalue weighted by molar-refractivity contribution is -0.147.